The number of fused-ring (bicyclic) bond motifs is 1. The number of rotatable bonds is 4. The number of carbonyl (C=O) groups is 1. The standard InChI is InChI=1S/C16H13ClN2O/c17-14-1-2-15-13(11-20)10-19(16(15)9-14)8-5-12-3-6-18-7-4-12/h1-4,6-7,9-11H,5,8H2. The molecule has 0 saturated heterocycles. The monoisotopic (exact) mass is 284 g/mol. The average Bonchev–Trinajstić information content (AvgIpc) is 2.83. The van der Waals surface area contributed by atoms with Crippen LogP contribution in [0.4, 0.5) is 0 Å². The number of pyridine rings is 1. The van der Waals surface area contributed by atoms with E-state index in [-0.39, 0.29) is 0 Å². The highest BCUT2D eigenvalue weighted by atomic mass is 35.5. The Bertz CT molecular complexity index is 750. The minimum absolute atomic E-state index is 0.679. The highest BCUT2D eigenvalue weighted by Crippen LogP contribution is 2.24. The first-order chi connectivity index (χ1) is 9.78. The third kappa shape index (κ3) is 2.45. The van der Waals surface area contributed by atoms with Crippen molar-refractivity contribution in [2.24, 2.45) is 0 Å². The van der Waals surface area contributed by atoms with Crippen LogP contribution in [-0.2, 0) is 13.0 Å². The predicted molar refractivity (Wildman–Crippen MR) is 80.3 cm³/mol. The van der Waals surface area contributed by atoms with Gasteiger partial charge in [0, 0.05) is 41.1 Å². The summed E-state index contributed by atoms with van der Waals surface area (Å²) in [4.78, 5) is 15.1. The van der Waals surface area contributed by atoms with Gasteiger partial charge in [0.25, 0.3) is 0 Å². The number of carbonyl (C=O) groups excluding carboxylic acids is 1. The van der Waals surface area contributed by atoms with Gasteiger partial charge in [-0.1, -0.05) is 17.7 Å². The lowest BCUT2D eigenvalue weighted by molar-refractivity contribution is 0.112. The first kappa shape index (κ1) is 12.9. The van der Waals surface area contributed by atoms with E-state index in [1.807, 2.05) is 36.5 Å². The van der Waals surface area contributed by atoms with Crippen LogP contribution in [0.2, 0.25) is 5.02 Å². The predicted octanol–water partition coefficient (Wildman–Crippen LogP) is 3.74. The summed E-state index contributed by atoms with van der Waals surface area (Å²) >= 11 is 6.05. The van der Waals surface area contributed by atoms with Crippen LogP contribution < -0.4 is 0 Å². The third-order valence-corrected chi connectivity index (χ3v) is 3.63. The summed E-state index contributed by atoms with van der Waals surface area (Å²) in [6, 6.07) is 9.60. The number of aromatic nitrogens is 2. The molecule has 100 valence electrons. The molecule has 2 heterocycles. The zero-order valence-electron chi connectivity index (χ0n) is 10.8. The van der Waals surface area contributed by atoms with Crippen LogP contribution in [0.1, 0.15) is 15.9 Å². The van der Waals surface area contributed by atoms with Crippen LogP contribution in [0.25, 0.3) is 10.9 Å². The van der Waals surface area contributed by atoms with Gasteiger partial charge in [-0.3, -0.25) is 9.78 Å². The molecule has 0 amide bonds. The van der Waals surface area contributed by atoms with Gasteiger partial charge >= 0.3 is 0 Å². The van der Waals surface area contributed by atoms with Crippen molar-refractivity contribution in [3.05, 3.63) is 65.1 Å². The van der Waals surface area contributed by atoms with Crippen molar-refractivity contribution in [1.29, 1.82) is 0 Å². The van der Waals surface area contributed by atoms with Crippen molar-refractivity contribution in [2.45, 2.75) is 13.0 Å². The quantitative estimate of drug-likeness (QED) is 0.684. The van der Waals surface area contributed by atoms with E-state index >= 15 is 0 Å². The molecule has 0 fully saturated rings. The minimum atomic E-state index is 0.679. The zero-order chi connectivity index (χ0) is 13.9. The Kier molecular flexibility index (Phi) is 3.52. The fraction of sp³-hybridized carbons (Fsp3) is 0.125. The van der Waals surface area contributed by atoms with Crippen molar-refractivity contribution >= 4 is 28.8 Å². The molecular weight excluding hydrogens is 272 g/mol. The third-order valence-electron chi connectivity index (χ3n) is 3.39. The van der Waals surface area contributed by atoms with Gasteiger partial charge in [-0.15, -0.1) is 0 Å². The second-order valence-electron chi connectivity index (χ2n) is 4.66. The van der Waals surface area contributed by atoms with Gasteiger partial charge in [0.2, 0.25) is 0 Å². The summed E-state index contributed by atoms with van der Waals surface area (Å²) < 4.78 is 2.07. The highest BCUT2D eigenvalue weighted by molar-refractivity contribution is 6.31. The summed E-state index contributed by atoms with van der Waals surface area (Å²) in [5.41, 5.74) is 2.91. The Morgan fingerprint density at radius 2 is 2.00 bits per heavy atom. The molecule has 4 heteroatoms. The van der Waals surface area contributed by atoms with Crippen LogP contribution in [0, 0.1) is 0 Å². The van der Waals surface area contributed by atoms with Crippen LogP contribution in [0.3, 0.4) is 0 Å². The summed E-state index contributed by atoms with van der Waals surface area (Å²) in [5, 5.41) is 1.62. The van der Waals surface area contributed by atoms with Crippen LogP contribution in [0.15, 0.2) is 48.9 Å². The molecule has 1 aromatic carbocycles. The van der Waals surface area contributed by atoms with Crippen molar-refractivity contribution in [3.8, 4) is 0 Å². The number of aryl methyl sites for hydroxylation is 2. The van der Waals surface area contributed by atoms with E-state index in [1.54, 1.807) is 12.4 Å². The summed E-state index contributed by atoms with van der Waals surface area (Å²) in [6.45, 7) is 0.800. The van der Waals surface area contributed by atoms with E-state index in [0.717, 1.165) is 30.2 Å². The molecule has 3 aromatic rings. The van der Waals surface area contributed by atoms with E-state index < -0.39 is 0 Å². The highest BCUT2D eigenvalue weighted by Gasteiger charge is 2.08. The first-order valence-electron chi connectivity index (χ1n) is 6.40. The van der Waals surface area contributed by atoms with E-state index in [9.17, 15) is 4.79 Å². The Morgan fingerprint density at radius 1 is 1.20 bits per heavy atom. The SMILES string of the molecule is O=Cc1cn(CCc2ccncc2)c2cc(Cl)ccc12. The maximum atomic E-state index is 11.1. The van der Waals surface area contributed by atoms with E-state index in [2.05, 4.69) is 9.55 Å². The molecular formula is C16H13ClN2O. The number of halogens is 1. The normalized spacial score (nSPS) is 10.8. The van der Waals surface area contributed by atoms with Crippen LogP contribution in [-0.4, -0.2) is 15.8 Å². The minimum Gasteiger partial charge on any atom is -0.346 e. The molecule has 0 aliphatic carbocycles. The second-order valence-corrected chi connectivity index (χ2v) is 5.10. The molecule has 3 rings (SSSR count). The molecule has 0 N–H and O–H groups in total. The smallest absolute Gasteiger partial charge is 0.152 e. The Balaban J connectivity index is 1.95. The summed E-state index contributed by atoms with van der Waals surface area (Å²) in [5.74, 6) is 0. The molecule has 0 spiro atoms. The molecule has 0 aliphatic heterocycles. The fourth-order valence-corrected chi connectivity index (χ4v) is 2.54. The lowest BCUT2D eigenvalue weighted by Gasteiger charge is -2.05. The molecule has 0 bridgehead atoms. The topological polar surface area (TPSA) is 34.9 Å². The molecule has 0 unspecified atom stereocenters. The lowest BCUT2D eigenvalue weighted by atomic mass is 10.2. The summed E-state index contributed by atoms with van der Waals surface area (Å²) in [6.07, 6.45) is 7.24. The number of aldehydes is 1. The van der Waals surface area contributed by atoms with Crippen LogP contribution in [0.5, 0.6) is 0 Å². The number of hydrogen-bond acceptors (Lipinski definition) is 2. The Morgan fingerprint density at radius 3 is 2.75 bits per heavy atom. The molecule has 3 nitrogen and oxygen atoms in total. The Hall–Kier alpha value is -2.13. The van der Waals surface area contributed by atoms with E-state index in [4.69, 9.17) is 11.6 Å². The fourth-order valence-electron chi connectivity index (χ4n) is 2.37. The van der Waals surface area contributed by atoms with E-state index in [0.29, 0.717) is 10.6 Å². The van der Waals surface area contributed by atoms with Crippen molar-refractivity contribution in [2.75, 3.05) is 0 Å². The number of hydrogen-bond donors (Lipinski definition) is 0. The van der Waals surface area contributed by atoms with Gasteiger partial charge in [-0.2, -0.15) is 0 Å². The van der Waals surface area contributed by atoms with Gasteiger partial charge in [-0.05, 0) is 36.2 Å². The average molecular weight is 285 g/mol. The van der Waals surface area contributed by atoms with Gasteiger partial charge in [0.05, 0.1) is 5.52 Å². The molecule has 20 heavy (non-hydrogen) atoms. The molecule has 0 saturated carbocycles. The van der Waals surface area contributed by atoms with Crippen molar-refractivity contribution in [1.82, 2.24) is 9.55 Å². The van der Waals surface area contributed by atoms with Gasteiger partial charge in [-0.25, -0.2) is 0 Å². The maximum absolute atomic E-state index is 11.1. The molecule has 0 aliphatic rings. The first-order valence-corrected chi connectivity index (χ1v) is 6.78. The van der Waals surface area contributed by atoms with Gasteiger partial charge in [0.15, 0.2) is 6.29 Å². The Labute approximate surface area is 121 Å². The van der Waals surface area contributed by atoms with Crippen LogP contribution >= 0.6 is 11.6 Å². The number of benzene rings is 1. The second kappa shape index (κ2) is 5.47. The lowest BCUT2D eigenvalue weighted by Crippen LogP contribution is -1.99. The van der Waals surface area contributed by atoms with Crippen molar-refractivity contribution in [3.63, 3.8) is 0 Å². The molecule has 0 radical (unpaired) electrons. The molecule has 0 atom stereocenters. The molecule has 2 aromatic heterocycles. The zero-order valence-corrected chi connectivity index (χ0v) is 11.5. The van der Waals surface area contributed by atoms with E-state index in [1.165, 1.54) is 5.56 Å². The number of nitrogens with zero attached hydrogens (tertiary/aromatic N) is 2. The van der Waals surface area contributed by atoms with Gasteiger partial charge < -0.3 is 4.57 Å². The van der Waals surface area contributed by atoms with Crippen molar-refractivity contribution < 1.29 is 4.79 Å². The summed E-state index contributed by atoms with van der Waals surface area (Å²) in [7, 11) is 0. The van der Waals surface area contributed by atoms with Gasteiger partial charge in [0.1, 0.15) is 0 Å². The maximum Gasteiger partial charge on any atom is 0.152 e. The largest absolute Gasteiger partial charge is 0.346 e.